The first-order valence-electron chi connectivity index (χ1n) is 4.88. The van der Waals surface area contributed by atoms with Crippen LogP contribution in [0.1, 0.15) is 10.4 Å². The maximum atomic E-state index is 10.8. The van der Waals surface area contributed by atoms with Gasteiger partial charge >= 0.3 is 0 Å². The Morgan fingerprint density at radius 1 is 1.24 bits per heavy atom. The van der Waals surface area contributed by atoms with Crippen molar-refractivity contribution in [3.8, 4) is 17.4 Å². The zero-order chi connectivity index (χ0) is 12.3. The Morgan fingerprint density at radius 3 is 2.59 bits per heavy atom. The van der Waals surface area contributed by atoms with E-state index in [0.717, 1.165) is 0 Å². The molecule has 86 valence electrons. The first-order valence-corrected chi connectivity index (χ1v) is 4.88. The average Bonchev–Trinajstić information content (AvgIpc) is 2.33. The number of aromatic nitrogens is 1. The number of benzene rings is 1. The molecule has 0 saturated heterocycles. The fourth-order valence-corrected chi connectivity index (χ4v) is 1.24. The van der Waals surface area contributed by atoms with Crippen molar-refractivity contribution in [1.29, 1.82) is 0 Å². The number of pyridine rings is 1. The second-order valence-electron chi connectivity index (χ2n) is 3.32. The molecular formula is C12H10N2O3. The molecule has 2 aromatic rings. The molecule has 2 rings (SSSR count). The second kappa shape index (κ2) is 4.52. The lowest BCUT2D eigenvalue weighted by Gasteiger charge is -2.06. The van der Waals surface area contributed by atoms with E-state index < -0.39 is 5.91 Å². The van der Waals surface area contributed by atoms with Crippen LogP contribution in [-0.4, -0.2) is 16.0 Å². The number of nitrogens with zero attached hydrogens (tertiary/aromatic N) is 1. The Bertz CT molecular complexity index is 538. The van der Waals surface area contributed by atoms with Crippen LogP contribution >= 0.6 is 0 Å². The highest BCUT2D eigenvalue weighted by Crippen LogP contribution is 2.28. The van der Waals surface area contributed by atoms with Crippen molar-refractivity contribution in [2.45, 2.75) is 0 Å². The van der Waals surface area contributed by atoms with Crippen LogP contribution in [0.2, 0.25) is 0 Å². The molecule has 0 aliphatic carbocycles. The molecule has 3 N–H and O–H groups in total. The number of aromatic hydroxyl groups is 1. The van der Waals surface area contributed by atoms with Crippen LogP contribution in [0.3, 0.4) is 0 Å². The Hall–Kier alpha value is -2.56. The summed E-state index contributed by atoms with van der Waals surface area (Å²) in [4.78, 5) is 14.7. The number of hydrogen-bond acceptors (Lipinski definition) is 4. The molecule has 0 aliphatic rings. The highest BCUT2D eigenvalue weighted by Gasteiger charge is 2.05. The van der Waals surface area contributed by atoms with Gasteiger partial charge in [0.25, 0.3) is 0 Å². The molecule has 5 nitrogen and oxygen atoms in total. The van der Waals surface area contributed by atoms with Gasteiger partial charge in [-0.2, -0.15) is 0 Å². The van der Waals surface area contributed by atoms with Crippen LogP contribution in [0.5, 0.6) is 17.4 Å². The molecular weight excluding hydrogens is 220 g/mol. The molecule has 0 spiro atoms. The summed E-state index contributed by atoms with van der Waals surface area (Å²) in [6.07, 6.45) is 1.32. The Labute approximate surface area is 97.5 Å². The topological polar surface area (TPSA) is 85.4 Å². The van der Waals surface area contributed by atoms with Crippen LogP contribution < -0.4 is 10.5 Å². The number of nitrogens with two attached hydrogens (primary N) is 1. The van der Waals surface area contributed by atoms with Crippen LogP contribution in [0, 0.1) is 0 Å². The van der Waals surface area contributed by atoms with Crippen molar-refractivity contribution in [2.75, 3.05) is 0 Å². The number of rotatable bonds is 3. The molecule has 1 heterocycles. The molecule has 5 heteroatoms. The molecule has 1 amide bonds. The van der Waals surface area contributed by atoms with E-state index in [9.17, 15) is 9.90 Å². The van der Waals surface area contributed by atoms with Gasteiger partial charge in [0, 0.05) is 12.3 Å². The first kappa shape index (κ1) is 10.9. The third-order valence-electron chi connectivity index (χ3n) is 2.10. The number of ether oxygens (including phenoxy) is 1. The van der Waals surface area contributed by atoms with E-state index in [4.69, 9.17) is 10.5 Å². The van der Waals surface area contributed by atoms with Crippen molar-refractivity contribution in [3.63, 3.8) is 0 Å². The molecule has 0 atom stereocenters. The van der Waals surface area contributed by atoms with Crippen molar-refractivity contribution in [3.05, 3.63) is 48.2 Å². The van der Waals surface area contributed by atoms with Crippen molar-refractivity contribution >= 4 is 5.91 Å². The van der Waals surface area contributed by atoms with Gasteiger partial charge in [-0.15, -0.1) is 0 Å². The predicted octanol–water partition coefficient (Wildman–Crippen LogP) is 1.68. The molecule has 0 aliphatic heterocycles. The summed E-state index contributed by atoms with van der Waals surface area (Å²) in [5.41, 5.74) is 5.38. The average molecular weight is 230 g/mol. The number of carbonyl (C=O) groups is 1. The Morgan fingerprint density at radius 2 is 2.00 bits per heavy atom. The molecule has 0 fully saturated rings. The molecule has 1 aromatic heterocycles. The summed E-state index contributed by atoms with van der Waals surface area (Å²) in [7, 11) is 0. The van der Waals surface area contributed by atoms with E-state index in [1.165, 1.54) is 24.4 Å². The lowest BCUT2D eigenvalue weighted by atomic mass is 10.3. The minimum atomic E-state index is -0.549. The van der Waals surface area contributed by atoms with Gasteiger partial charge in [0.1, 0.15) is 0 Å². The lowest BCUT2D eigenvalue weighted by molar-refractivity contribution is 0.1000. The van der Waals surface area contributed by atoms with Gasteiger partial charge in [-0.05, 0) is 18.2 Å². The molecule has 1 aromatic carbocycles. The molecule has 0 unspecified atom stereocenters. The molecule has 0 bridgehead atoms. The largest absolute Gasteiger partial charge is 0.504 e. The van der Waals surface area contributed by atoms with Gasteiger partial charge in [-0.25, -0.2) is 4.98 Å². The first-order chi connectivity index (χ1) is 8.16. The Kier molecular flexibility index (Phi) is 2.91. The van der Waals surface area contributed by atoms with Crippen LogP contribution in [0.15, 0.2) is 42.6 Å². The summed E-state index contributed by atoms with van der Waals surface area (Å²) >= 11 is 0. The summed E-state index contributed by atoms with van der Waals surface area (Å²) in [5.74, 6) is 0.0446. The fourth-order valence-electron chi connectivity index (χ4n) is 1.24. The third kappa shape index (κ3) is 2.52. The van der Waals surface area contributed by atoms with Crippen LogP contribution in [0.25, 0.3) is 0 Å². The Balaban J connectivity index is 2.20. The van der Waals surface area contributed by atoms with Crippen LogP contribution in [0.4, 0.5) is 0 Å². The van der Waals surface area contributed by atoms with E-state index in [-0.39, 0.29) is 11.6 Å². The summed E-state index contributed by atoms with van der Waals surface area (Å²) in [5, 5.41) is 9.49. The number of para-hydroxylation sites is 2. The minimum Gasteiger partial charge on any atom is -0.504 e. The van der Waals surface area contributed by atoms with Crippen LogP contribution in [-0.2, 0) is 0 Å². The van der Waals surface area contributed by atoms with Gasteiger partial charge in [0.2, 0.25) is 11.8 Å². The van der Waals surface area contributed by atoms with Crippen molar-refractivity contribution in [2.24, 2.45) is 5.73 Å². The number of hydrogen-bond donors (Lipinski definition) is 2. The quantitative estimate of drug-likeness (QED) is 0.839. The van der Waals surface area contributed by atoms with E-state index in [0.29, 0.717) is 11.3 Å². The lowest BCUT2D eigenvalue weighted by Crippen LogP contribution is -2.10. The highest BCUT2D eigenvalue weighted by atomic mass is 16.5. The van der Waals surface area contributed by atoms with Gasteiger partial charge in [-0.3, -0.25) is 4.79 Å². The van der Waals surface area contributed by atoms with Gasteiger partial charge in [-0.1, -0.05) is 12.1 Å². The van der Waals surface area contributed by atoms with E-state index in [1.807, 2.05) is 0 Å². The summed E-state index contributed by atoms with van der Waals surface area (Å²) < 4.78 is 5.33. The smallest absolute Gasteiger partial charge is 0.250 e. The van der Waals surface area contributed by atoms with Gasteiger partial charge in [0.15, 0.2) is 11.5 Å². The highest BCUT2D eigenvalue weighted by molar-refractivity contribution is 5.92. The van der Waals surface area contributed by atoms with Gasteiger partial charge in [0.05, 0.1) is 5.56 Å². The van der Waals surface area contributed by atoms with E-state index in [1.54, 1.807) is 18.2 Å². The monoisotopic (exact) mass is 230 g/mol. The zero-order valence-corrected chi connectivity index (χ0v) is 8.83. The number of phenols is 1. The number of carbonyl (C=O) groups excluding carboxylic acids is 1. The number of amides is 1. The summed E-state index contributed by atoms with van der Waals surface area (Å²) in [6, 6.07) is 9.54. The van der Waals surface area contributed by atoms with Crippen molar-refractivity contribution in [1.82, 2.24) is 4.98 Å². The van der Waals surface area contributed by atoms with E-state index >= 15 is 0 Å². The van der Waals surface area contributed by atoms with Gasteiger partial charge < -0.3 is 15.6 Å². The minimum absolute atomic E-state index is 0.0216. The fraction of sp³-hybridized carbons (Fsp3) is 0. The predicted molar refractivity (Wildman–Crippen MR) is 60.9 cm³/mol. The number of phenolic OH excluding ortho intramolecular Hbond substituents is 1. The molecule has 17 heavy (non-hydrogen) atoms. The molecule has 0 radical (unpaired) electrons. The molecule has 0 saturated carbocycles. The zero-order valence-electron chi connectivity index (χ0n) is 8.83. The maximum Gasteiger partial charge on any atom is 0.250 e. The van der Waals surface area contributed by atoms with E-state index in [2.05, 4.69) is 4.98 Å². The standard InChI is InChI=1S/C12H10N2O3/c13-12(16)8-5-6-11(14-7-8)17-10-4-2-1-3-9(10)15/h1-7,15H,(H2,13,16). The normalized spacial score (nSPS) is 9.88. The SMILES string of the molecule is NC(=O)c1ccc(Oc2ccccc2O)nc1. The maximum absolute atomic E-state index is 10.8. The third-order valence-corrected chi connectivity index (χ3v) is 2.10. The number of primary amides is 1. The summed E-state index contributed by atoms with van der Waals surface area (Å²) in [6.45, 7) is 0. The van der Waals surface area contributed by atoms with Crippen molar-refractivity contribution < 1.29 is 14.6 Å². The second-order valence-corrected chi connectivity index (χ2v) is 3.32.